The van der Waals surface area contributed by atoms with Gasteiger partial charge >= 0.3 is 0 Å². The molecule has 0 atom stereocenters. The molecule has 0 amide bonds. The number of nitrogens with two attached hydrogens (primary N) is 1. The predicted molar refractivity (Wildman–Crippen MR) is 81.7 cm³/mol. The van der Waals surface area contributed by atoms with Crippen molar-refractivity contribution in [3.63, 3.8) is 0 Å². The second-order valence-corrected chi connectivity index (χ2v) is 8.70. The van der Waals surface area contributed by atoms with Crippen LogP contribution >= 0.6 is 23.2 Å². The van der Waals surface area contributed by atoms with Crippen LogP contribution in [0.2, 0.25) is 10.0 Å². The van der Waals surface area contributed by atoms with Crippen LogP contribution in [0, 0.1) is 0 Å². The van der Waals surface area contributed by atoms with Crippen LogP contribution in [0.5, 0.6) is 0 Å². The van der Waals surface area contributed by atoms with Gasteiger partial charge in [-0.25, -0.2) is 12.7 Å². The van der Waals surface area contributed by atoms with Gasteiger partial charge in [-0.3, -0.25) is 4.55 Å². The summed E-state index contributed by atoms with van der Waals surface area (Å²) in [6.45, 7) is -0.0955. The van der Waals surface area contributed by atoms with Crippen LogP contribution in [0.3, 0.4) is 0 Å². The topological polar surface area (TPSA) is 118 Å². The minimum atomic E-state index is -4.13. The van der Waals surface area contributed by atoms with Crippen molar-refractivity contribution in [3.8, 4) is 0 Å². The van der Waals surface area contributed by atoms with Crippen LogP contribution in [0.25, 0.3) is 0 Å². The molecular formula is C10H14Cl2N2O5S2. The Balaban J connectivity index is 2.95. The Morgan fingerprint density at radius 1 is 1.19 bits per heavy atom. The summed E-state index contributed by atoms with van der Waals surface area (Å²) in [6.07, 6.45) is -0.0506. The molecule has 0 radical (unpaired) electrons. The fourth-order valence-electron chi connectivity index (χ4n) is 1.48. The van der Waals surface area contributed by atoms with Crippen molar-refractivity contribution in [3.05, 3.63) is 22.2 Å². The molecule has 0 aliphatic rings. The molecule has 0 bridgehead atoms. The van der Waals surface area contributed by atoms with Gasteiger partial charge in [-0.05, 0) is 18.6 Å². The molecule has 1 rings (SSSR count). The maximum atomic E-state index is 12.3. The van der Waals surface area contributed by atoms with Gasteiger partial charge in [-0.15, -0.1) is 0 Å². The summed E-state index contributed by atoms with van der Waals surface area (Å²) in [5, 5.41) is 0.0137. The van der Waals surface area contributed by atoms with Gasteiger partial charge in [0.2, 0.25) is 10.0 Å². The molecule has 3 N–H and O–H groups in total. The molecule has 0 fully saturated rings. The number of anilines is 1. The smallest absolute Gasteiger partial charge is 0.264 e. The zero-order chi connectivity index (χ0) is 16.4. The summed E-state index contributed by atoms with van der Waals surface area (Å²) in [4.78, 5) is -0.152. The van der Waals surface area contributed by atoms with Crippen LogP contribution < -0.4 is 5.73 Å². The molecule has 0 aliphatic heterocycles. The lowest BCUT2D eigenvalue weighted by molar-refractivity contribution is 0.454. The van der Waals surface area contributed by atoms with Crippen LogP contribution in [-0.4, -0.2) is 45.0 Å². The highest BCUT2D eigenvalue weighted by molar-refractivity contribution is 7.89. The SMILES string of the molecule is CN(CCCS(=O)(=O)O)S(=O)(=O)c1cc(Cl)c(N)c(Cl)c1. The Hall–Kier alpha value is -0.580. The normalized spacial score (nSPS) is 12.8. The molecule has 0 aliphatic carbocycles. The van der Waals surface area contributed by atoms with Gasteiger partial charge in [0, 0.05) is 13.6 Å². The Bertz CT molecular complexity index is 711. The van der Waals surface area contributed by atoms with Crippen molar-refractivity contribution in [1.82, 2.24) is 4.31 Å². The van der Waals surface area contributed by atoms with Crippen molar-refractivity contribution in [2.24, 2.45) is 0 Å². The van der Waals surface area contributed by atoms with E-state index in [9.17, 15) is 16.8 Å². The largest absolute Gasteiger partial charge is 0.396 e. The summed E-state index contributed by atoms with van der Waals surface area (Å²) in [6, 6.07) is 2.33. The summed E-state index contributed by atoms with van der Waals surface area (Å²) in [5.74, 6) is -0.532. The van der Waals surface area contributed by atoms with E-state index in [1.54, 1.807) is 0 Å². The van der Waals surface area contributed by atoms with E-state index in [-0.39, 0.29) is 33.6 Å². The van der Waals surface area contributed by atoms with Crippen LogP contribution in [0.15, 0.2) is 17.0 Å². The van der Waals surface area contributed by atoms with Gasteiger partial charge in [-0.2, -0.15) is 8.42 Å². The van der Waals surface area contributed by atoms with E-state index in [0.29, 0.717) is 0 Å². The van der Waals surface area contributed by atoms with E-state index >= 15 is 0 Å². The summed E-state index contributed by atoms with van der Waals surface area (Å²) >= 11 is 11.6. The highest BCUT2D eigenvalue weighted by Gasteiger charge is 2.23. The predicted octanol–water partition coefficient (Wildman–Crippen LogP) is 1.47. The molecule has 0 saturated carbocycles. The fraction of sp³-hybridized carbons (Fsp3) is 0.400. The van der Waals surface area contributed by atoms with E-state index in [4.69, 9.17) is 33.5 Å². The van der Waals surface area contributed by atoms with Crippen molar-refractivity contribution in [1.29, 1.82) is 0 Å². The molecule has 0 saturated heterocycles. The van der Waals surface area contributed by atoms with E-state index in [1.165, 1.54) is 7.05 Å². The van der Waals surface area contributed by atoms with Gasteiger partial charge in [0.05, 0.1) is 26.4 Å². The first kappa shape index (κ1) is 18.5. The Morgan fingerprint density at radius 3 is 2.10 bits per heavy atom. The third-order valence-corrected chi connectivity index (χ3v) is 5.90. The molecular weight excluding hydrogens is 363 g/mol. The first-order valence-electron chi connectivity index (χ1n) is 5.61. The second kappa shape index (κ2) is 6.67. The van der Waals surface area contributed by atoms with Crippen molar-refractivity contribution in [2.75, 3.05) is 25.1 Å². The van der Waals surface area contributed by atoms with E-state index in [1.807, 2.05) is 0 Å². The zero-order valence-corrected chi connectivity index (χ0v) is 14.1. The first-order chi connectivity index (χ1) is 9.45. The number of hydrogen-bond acceptors (Lipinski definition) is 5. The molecule has 0 aromatic heterocycles. The van der Waals surface area contributed by atoms with E-state index < -0.39 is 25.9 Å². The molecule has 120 valence electrons. The minimum absolute atomic E-state index is 0.00686. The van der Waals surface area contributed by atoms with Crippen molar-refractivity contribution >= 4 is 49.0 Å². The van der Waals surface area contributed by atoms with Crippen molar-refractivity contribution in [2.45, 2.75) is 11.3 Å². The number of benzene rings is 1. The lowest BCUT2D eigenvalue weighted by Crippen LogP contribution is -2.29. The highest BCUT2D eigenvalue weighted by Crippen LogP contribution is 2.31. The van der Waals surface area contributed by atoms with Crippen LogP contribution in [0.4, 0.5) is 5.69 Å². The Labute approximate surface area is 133 Å². The number of rotatable bonds is 6. The fourth-order valence-corrected chi connectivity index (χ4v) is 3.85. The maximum Gasteiger partial charge on any atom is 0.264 e. The summed E-state index contributed by atoms with van der Waals surface area (Å²) in [5.41, 5.74) is 5.61. The molecule has 11 heteroatoms. The van der Waals surface area contributed by atoms with Gasteiger partial charge in [0.15, 0.2) is 0 Å². The quantitative estimate of drug-likeness (QED) is 0.573. The lowest BCUT2D eigenvalue weighted by atomic mass is 10.3. The van der Waals surface area contributed by atoms with Gasteiger partial charge in [0.25, 0.3) is 10.1 Å². The Morgan fingerprint density at radius 2 is 1.67 bits per heavy atom. The standard InChI is InChI=1S/C10H14Cl2N2O5S2/c1-14(3-2-4-20(15,16)17)21(18,19)7-5-8(11)10(13)9(12)6-7/h5-6H,2-4,13H2,1H3,(H,15,16,17). The molecule has 0 heterocycles. The lowest BCUT2D eigenvalue weighted by Gasteiger charge is -2.17. The molecule has 21 heavy (non-hydrogen) atoms. The molecule has 0 unspecified atom stereocenters. The summed E-state index contributed by atoms with van der Waals surface area (Å²) < 4.78 is 55.3. The van der Waals surface area contributed by atoms with Gasteiger partial charge in [0.1, 0.15) is 0 Å². The number of hydrogen-bond donors (Lipinski definition) is 2. The third kappa shape index (κ3) is 4.97. The van der Waals surface area contributed by atoms with Crippen LogP contribution in [0.1, 0.15) is 6.42 Å². The minimum Gasteiger partial charge on any atom is -0.396 e. The van der Waals surface area contributed by atoms with E-state index in [2.05, 4.69) is 0 Å². The van der Waals surface area contributed by atoms with E-state index in [0.717, 1.165) is 16.4 Å². The third-order valence-electron chi connectivity index (χ3n) is 2.64. The van der Waals surface area contributed by atoms with Crippen LogP contribution in [-0.2, 0) is 20.1 Å². The number of nitrogens with zero attached hydrogens (tertiary/aromatic N) is 1. The molecule has 1 aromatic carbocycles. The number of sulfonamides is 1. The number of halogens is 2. The van der Waals surface area contributed by atoms with Crippen molar-refractivity contribution < 1.29 is 21.4 Å². The second-order valence-electron chi connectivity index (χ2n) is 4.27. The average Bonchev–Trinajstić information content (AvgIpc) is 2.33. The molecule has 1 aromatic rings. The Kier molecular flexibility index (Phi) is 5.87. The highest BCUT2D eigenvalue weighted by atomic mass is 35.5. The zero-order valence-electron chi connectivity index (χ0n) is 11.0. The first-order valence-corrected chi connectivity index (χ1v) is 9.41. The monoisotopic (exact) mass is 376 g/mol. The summed E-state index contributed by atoms with van der Waals surface area (Å²) in [7, 11) is -6.74. The number of nitrogen functional groups attached to an aromatic ring is 1. The maximum absolute atomic E-state index is 12.3. The molecule has 7 nitrogen and oxygen atoms in total. The van der Waals surface area contributed by atoms with Gasteiger partial charge in [-0.1, -0.05) is 23.2 Å². The average molecular weight is 377 g/mol. The van der Waals surface area contributed by atoms with Gasteiger partial charge < -0.3 is 5.73 Å². The molecule has 0 spiro atoms.